The number of hydrogen-bond donors (Lipinski definition) is 0. The van der Waals surface area contributed by atoms with Crippen LogP contribution in [0, 0.1) is 11.7 Å². The van der Waals surface area contributed by atoms with Gasteiger partial charge >= 0.3 is 6.03 Å². The van der Waals surface area contributed by atoms with Crippen LogP contribution in [0.3, 0.4) is 0 Å². The second-order valence-electron chi connectivity index (χ2n) is 6.93. The van der Waals surface area contributed by atoms with Crippen LogP contribution in [0.25, 0.3) is 0 Å². The Labute approximate surface area is 152 Å². The van der Waals surface area contributed by atoms with E-state index in [2.05, 4.69) is 0 Å². The van der Waals surface area contributed by atoms with Gasteiger partial charge in [-0.2, -0.15) is 0 Å². The SMILES string of the molecule is C[C@H](CS(=O)(=O)c1ccc(F)cc1)C(=O)N1CCN2C(=O)N(C)C[C@H]2C1. The smallest absolute Gasteiger partial charge is 0.320 e. The summed E-state index contributed by atoms with van der Waals surface area (Å²) in [5.74, 6) is -1.80. The van der Waals surface area contributed by atoms with Crippen molar-refractivity contribution in [1.29, 1.82) is 0 Å². The van der Waals surface area contributed by atoms with Gasteiger partial charge in [0.15, 0.2) is 9.84 Å². The number of nitrogens with zero attached hydrogens (tertiary/aromatic N) is 3. The van der Waals surface area contributed by atoms with Crippen LogP contribution in [-0.4, -0.2) is 80.1 Å². The van der Waals surface area contributed by atoms with Crippen molar-refractivity contribution in [3.8, 4) is 0 Å². The number of rotatable bonds is 4. The molecule has 3 rings (SSSR count). The lowest BCUT2D eigenvalue weighted by atomic mass is 10.1. The zero-order chi connectivity index (χ0) is 19.1. The largest absolute Gasteiger partial charge is 0.339 e. The van der Waals surface area contributed by atoms with Crippen molar-refractivity contribution in [3.05, 3.63) is 30.1 Å². The molecule has 3 amide bonds. The van der Waals surface area contributed by atoms with Crippen molar-refractivity contribution in [1.82, 2.24) is 14.7 Å². The molecular weight excluding hydrogens is 361 g/mol. The van der Waals surface area contributed by atoms with Gasteiger partial charge in [-0.3, -0.25) is 4.79 Å². The highest BCUT2D eigenvalue weighted by Crippen LogP contribution is 2.22. The molecule has 0 aromatic heterocycles. The molecule has 0 aliphatic carbocycles. The molecule has 1 aromatic rings. The second kappa shape index (κ2) is 6.86. The number of sulfone groups is 1. The van der Waals surface area contributed by atoms with Crippen molar-refractivity contribution in [3.63, 3.8) is 0 Å². The molecule has 0 unspecified atom stereocenters. The number of fused-ring (bicyclic) bond motifs is 1. The fraction of sp³-hybridized carbons (Fsp3) is 0.529. The molecule has 142 valence electrons. The molecule has 1 aromatic carbocycles. The number of halogens is 1. The maximum atomic E-state index is 13.0. The molecule has 9 heteroatoms. The highest BCUT2D eigenvalue weighted by molar-refractivity contribution is 7.91. The number of urea groups is 1. The lowest BCUT2D eigenvalue weighted by Crippen LogP contribution is -2.55. The van der Waals surface area contributed by atoms with Gasteiger partial charge in [-0.15, -0.1) is 0 Å². The topological polar surface area (TPSA) is 78.0 Å². The number of piperazine rings is 1. The quantitative estimate of drug-likeness (QED) is 0.721. The summed E-state index contributed by atoms with van der Waals surface area (Å²) < 4.78 is 37.9. The first-order valence-corrected chi connectivity index (χ1v) is 10.1. The summed E-state index contributed by atoms with van der Waals surface area (Å²) in [6.07, 6.45) is 0. The van der Waals surface area contributed by atoms with Crippen LogP contribution in [-0.2, 0) is 14.6 Å². The normalized spacial score (nSPS) is 21.7. The van der Waals surface area contributed by atoms with Gasteiger partial charge in [-0.05, 0) is 24.3 Å². The lowest BCUT2D eigenvalue weighted by molar-refractivity contribution is -0.136. The van der Waals surface area contributed by atoms with Gasteiger partial charge in [0.25, 0.3) is 0 Å². The van der Waals surface area contributed by atoms with E-state index < -0.39 is 21.6 Å². The fourth-order valence-electron chi connectivity index (χ4n) is 3.53. The number of carbonyl (C=O) groups excluding carboxylic acids is 2. The van der Waals surface area contributed by atoms with Gasteiger partial charge < -0.3 is 14.7 Å². The van der Waals surface area contributed by atoms with Crippen molar-refractivity contribution in [2.75, 3.05) is 39.0 Å². The van der Waals surface area contributed by atoms with Crippen LogP contribution < -0.4 is 0 Å². The summed E-state index contributed by atoms with van der Waals surface area (Å²) in [4.78, 5) is 29.7. The molecule has 26 heavy (non-hydrogen) atoms. The van der Waals surface area contributed by atoms with E-state index in [1.807, 2.05) is 0 Å². The van der Waals surface area contributed by atoms with E-state index in [0.29, 0.717) is 26.2 Å². The Morgan fingerprint density at radius 2 is 1.88 bits per heavy atom. The highest BCUT2D eigenvalue weighted by Gasteiger charge is 2.40. The van der Waals surface area contributed by atoms with Crippen molar-refractivity contribution < 1.29 is 22.4 Å². The average molecular weight is 383 g/mol. The first-order valence-electron chi connectivity index (χ1n) is 8.48. The maximum absolute atomic E-state index is 13.0. The van der Waals surface area contributed by atoms with E-state index in [-0.39, 0.29) is 28.6 Å². The monoisotopic (exact) mass is 383 g/mol. The van der Waals surface area contributed by atoms with Crippen LogP contribution in [0.4, 0.5) is 9.18 Å². The summed E-state index contributed by atoms with van der Waals surface area (Å²) in [6, 6.07) is 4.51. The predicted molar refractivity (Wildman–Crippen MR) is 92.7 cm³/mol. The molecule has 2 aliphatic heterocycles. The summed E-state index contributed by atoms with van der Waals surface area (Å²) >= 11 is 0. The summed E-state index contributed by atoms with van der Waals surface area (Å²) in [5.41, 5.74) is 0. The first kappa shape index (κ1) is 18.6. The zero-order valence-corrected chi connectivity index (χ0v) is 15.6. The van der Waals surface area contributed by atoms with E-state index >= 15 is 0 Å². The van der Waals surface area contributed by atoms with Gasteiger partial charge in [0, 0.05) is 39.1 Å². The fourth-order valence-corrected chi connectivity index (χ4v) is 5.07. The zero-order valence-electron chi connectivity index (χ0n) is 14.8. The third kappa shape index (κ3) is 3.53. The van der Waals surface area contributed by atoms with Crippen LogP contribution in [0.2, 0.25) is 0 Å². The Morgan fingerprint density at radius 3 is 2.54 bits per heavy atom. The summed E-state index contributed by atoms with van der Waals surface area (Å²) in [6.45, 7) is 3.41. The Balaban J connectivity index is 1.65. The summed E-state index contributed by atoms with van der Waals surface area (Å²) in [5, 5.41) is 0. The van der Waals surface area contributed by atoms with Gasteiger partial charge in [0.1, 0.15) is 5.82 Å². The Kier molecular flexibility index (Phi) is 4.92. The number of amides is 3. The number of hydrogen-bond acceptors (Lipinski definition) is 4. The molecule has 0 bridgehead atoms. The first-order chi connectivity index (χ1) is 12.2. The van der Waals surface area contributed by atoms with Crippen molar-refractivity contribution in [2.24, 2.45) is 5.92 Å². The molecule has 0 saturated carbocycles. The molecule has 7 nitrogen and oxygen atoms in total. The Morgan fingerprint density at radius 1 is 1.23 bits per heavy atom. The standard InChI is InChI=1S/C17H22FN3O4S/c1-12(11-26(24,25)15-5-3-13(18)4-6-15)16(22)20-7-8-21-14(10-20)9-19(2)17(21)23/h3-6,12,14H,7-11H2,1-2H3/t12-,14+/m1/s1. The highest BCUT2D eigenvalue weighted by atomic mass is 32.2. The minimum atomic E-state index is -3.68. The van der Waals surface area contributed by atoms with E-state index in [0.717, 1.165) is 12.1 Å². The van der Waals surface area contributed by atoms with E-state index in [1.165, 1.54) is 12.1 Å². The van der Waals surface area contributed by atoms with Crippen LogP contribution in [0.5, 0.6) is 0 Å². The number of likely N-dealkylation sites (N-methyl/N-ethyl adjacent to an activating group) is 1. The molecule has 2 atom stereocenters. The van der Waals surface area contributed by atoms with E-state index in [1.54, 1.807) is 28.7 Å². The van der Waals surface area contributed by atoms with Crippen LogP contribution in [0.15, 0.2) is 29.2 Å². The minimum Gasteiger partial charge on any atom is -0.339 e. The van der Waals surface area contributed by atoms with Gasteiger partial charge in [0.2, 0.25) is 5.91 Å². The Hall–Kier alpha value is -2.16. The second-order valence-corrected chi connectivity index (χ2v) is 8.97. The molecule has 2 fully saturated rings. The molecule has 0 spiro atoms. The molecule has 2 aliphatic rings. The van der Waals surface area contributed by atoms with Gasteiger partial charge in [-0.25, -0.2) is 17.6 Å². The number of benzene rings is 1. The van der Waals surface area contributed by atoms with Crippen molar-refractivity contribution >= 4 is 21.8 Å². The third-order valence-corrected chi connectivity index (χ3v) is 6.84. The average Bonchev–Trinajstić information content (AvgIpc) is 2.88. The third-order valence-electron chi connectivity index (χ3n) is 4.92. The van der Waals surface area contributed by atoms with E-state index in [4.69, 9.17) is 0 Å². The number of carbonyl (C=O) groups is 2. The van der Waals surface area contributed by atoms with Gasteiger partial charge in [0.05, 0.1) is 16.7 Å². The molecular formula is C17H22FN3O4S. The lowest BCUT2D eigenvalue weighted by Gasteiger charge is -2.37. The van der Waals surface area contributed by atoms with Gasteiger partial charge in [-0.1, -0.05) is 6.92 Å². The molecule has 2 heterocycles. The van der Waals surface area contributed by atoms with Crippen molar-refractivity contribution in [2.45, 2.75) is 17.9 Å². The molecule has 0 radical (unpaired) electrons. The molecule has 0 N–H and O–H groups in total. The maximum Gasteiger partial charge on any atom is 0.320 e. The van der Waals surface area contributed by atoms with Crippen LogP contribution >= 0.6 is 0 Å². The predicted octanol–water partition coefficient (Wildman–Crippen LogP) is 0.814. The minimum absolute atomic E-state index is 0.00591. The van der Waals surface area contributed by atoms with E-state index in [9.17, 15) is 22.4 Å². The summed E-state index contributed by atoms with van der Waals surface area (Å²) in [7, 11) is -1.96. The molecule has 2 saturated heterocycles. The van der Waals surface area contributed by atoms with Crippen LogP contribution in [0.1, 0.15) is 6.92 Å². The Bertz CT molecular complexity index is 812.